The van der Waals surface area contributed by atoms with Gasteiger partial charge in [-0.2, -0.15) is 11.8 Å². The summed E-state index contributed by atoms with van der Waals surface area (Å²) in [4.78, 5) is 8.73. The smallest absolute Gasteiger partial charge is 0.202 e. The summed E-state index contributed by atoms with van der Waals surface area (Å²) in [6.07, 6.45) is 3.95. The van der Waals surface area contributed by atoms with Crippen LogP contribution in [0.15, 0.2) is 12.3 Å². The zero-order valence-electron chi connectivity index (χ0n) is 9.77. The van der Waals surface area contributed by atoms with Crippen LogP contribution in [0.4, 0.5) is 5.95 Å². The standard InChI is InChI=1S/C11H16N4S/c1-7-4-9-10(13-5-7)15(11(12)14-9)6-8(2)16-3/h4-5,8H,6H2,1-3H3,(H2,12,14). The average Bonchev–Trinajstić information content (AvgIpc) is 2.54. The van der Waals surface area contributed by atoms with E-state index in [0.717, 1.165) is 23.3 Å². The summed E-state index contributed by atoms with van der Waals surface area (Å²) < 4.78 is 1.98. The number of nitrogens with zero attached hydrogens (tertiary/aromatic N) is 3. The molecule has 0 radical (unpaired) electrons. The fourth-order valence-corrected chi connectivity index (χ4v) is 1.94. The Morgan fingerprint density at radius 3 is 3.00 bits per heavy atom. The SMILES string of the molecule is CSC(C)Cn1c(N)nc2cc(C)cnc21. The van der Waals surface area contributed by atoms with Crippen LogP contribution in [-0.2, 0) is 6.54 Å². The van der Waals surface area contributed by atoms with Gasteiger partial charge in [-0.25, -0.2) is 9.97 Å². The lowest BCUT2D eigenvalue weighted by Gasteiger charge is -2.10. The summed E-state index contributed by atoms with van der Waals surface area (Å²) in [6.45, 7) is 5.02. The second kappa shape index (κ2) is 4.33. The van der Waals surface area contributed by atoms with Crippen LogP contribution in [0, 0.1) is 6.92 Å². The molecule has 0 fully saturated rings. The molecule has 2 heterocycles. The van der Waals surface area contributed by atoms with Crippen molar-refractivity contribution in [3.63, 3.8) is 0 Å². The number of aromatic nitrogens is 3. The average molecular weight is 236 g/mol. The van der Waals surface area contributed by atoms with Crippen molar-refractivity contribution in [3.05, 3.63) is 17.8 Å². The molecule has 2 rings (SSSR count). The summed E-state index contributed by atoms with van der Waals surface area (Å²) in [5.74, 6) is 0.550. The molecule has 0 spiro atoms. The lowest BCUT2D eigenvalue weighted by atomic mass is 10.3. The van der Waals surface area contributed by atoms with E-state index >= 15 is 0 Å². The maximum atomic E-state index is 5.91. The summed E-state index contributed by atoms with van der Waals surface area (Å²) >= 11 is 1.81. The first-order valence-corrected chi connectivity index (χ1v) is 6.51. The van der Waals surface area contributed by atoms with E-state index in [1.165, 1.54) is 0 Å². The van der Waals surface area contributed by atoms with Crippen LogP contribution in [0.3, 0.4) is 0 Å². The molecule has 0 saturated heterocycles. The fraction of sp³-hybridized carbons (Fsp3) is 0.455. The van der Waals surface area contributed by atoms with Crippen LogP contribution in [-0.4, -0.2) is 26.0 Å². The van der Waals surface area contributed by atoms with Crippen molar-refractivity contribution >= 4 is 28.9 Å². The molecule has 0 bridgehead atoms. The van der Waals surface area contributed by atoms with E-state index in [1.54, 1.807) is 0 Å². The molecule has 5 heteroatoms. The zero-order valence-corrected chi connectivity index (χ0v) is 10.6. The highest BCUT2D eigenvalue weighted by Crippen LogP contribution is 2.19. The van der Waals surface area contributed by atoms with Crippen LogP contribution in [0.5, 0.6) is 0 Å². The Kier molecular flexibility index (Phi) is 3.05. The molecular weight excluding hydrogens is 220 g/mol. The number of thioether (sulfide) groups is 1. The monoisotopic (exact) mass is 236 g/mol. The molecule has 0 amide bonds. The van der Waals surface area contributed by atoms with Crippen molar-refractivity contribution in [2.75, 3.05) is 12.0 Å². The van der Waals surface area contributed by atoms with E-state index in [0.29, 0.717) is 11.2 Å². The summed E-state index contributed by atoms with van der Waals surface area (Å²) in [7, 11) is 0. The van der Waals surface area contributed by atoms with Gasteiger partial charge in [-0.15, -0.1) is 0 Å². The molecule has 2 aromatic rings. The normalized spacial score (nSPS) is 13.2. The Labute approximate surface area is 99.3 Å². The number of pyridine rings is 1. The van der Waals surface area contributed by atoms with Gasteiger partial charge in [-0.05, 0) is 24.8 Å². The van der Waals surface area contributed by atoms with E-state index in [1.807, 2.05) is 35.5 Å². The third kappa shape index (κ3) is 2.00. The maximum absolute atomic E-state index is 5.91. The van der Waals surface area contributed by atoms with Gasteiger partial charge in [0.15, 0.2) is 5.65 Å². The maximum Gasteiger partial charge on any atom is 0.202 e. The Morgan fingerprint density at radius 1 is 1.56 bits per heavy atom. The van der Waals surface area contributed by atoms with Crippen molar-refractivity contribution in [2.24, 2.45) is 0 Å². The van der Waals surface area contributed by atoms with Gasteiger partial charge in [0.05, 0.1) is 0 Å². The number of nitrogen functional groups attached to an aromatic ring is 1. The molecule has 1 unspecified atom stereocenters. The Hall–Kier alpha value is -1.23. The van der Waals surface area contributed by atoms with Crippen LogP contribution in [0.2, 0.25) is 0 Å². The second-order valence-electron chi connectivity index (χ2n) is 3.98. The lowest BCUT2D eigenvalue weighted by Crippen LogP contribution is -2.12. The van der Waals surface area contributed by atoms with Crippen molar-refractivity contribution in [2.45, 2.75) is 25.6 Å². The topological polar surface area (TPSA) is 56.7 Å². The van der Waals surface area contributed by atoms with Crippen LogP contribution < -0.4 is 5.73 Å². The Bertz CT molecular complexity index is 506. The number of anilines is 1. The molecule has 0 aliphatic heterocycles. The first-order valence-electron chi connectivity index (χ1n) is 5.23. The van der Waals surface area contributed by atoms with E-state index in [-0.39, 0.29) is 0 Å². The number of hydrogen-bond donors (Lipinski definition) is 1. The highest BCUT2D eigenvalue weighted by molar-refractivity contribution is 7.99. The molecule has 0 aromatic carbocycles. The molecule has 16 heavy (non-hydrogen) atoms. The molecule has 1 atom stereocenters. The molecule has 0 saturated carbocycles. The van der Waals surface area contributed by atoms with E-state index < -0.39 is 0 Å². The first-order chi connectivity index (χ1) is 7.61. The summed E-state index contributed by atoms with van der Waals surface area (Å²) in [5, 5.41) is 0.503. The quantitative estimate of drug-likeness (QED) is 0.886. The van der Waals surface area contributed by atoms with Gasteiger partial charge in [0.2, 0.25) is 5.95 Å². The van der Waals surface area contributed by atoms with E-state index in [4.69, 9.17) is 5.73 Å². The number of hydrogen-bond acceptors (Lipinski definition) is 4. The predicted octanol–water partition coefficient (Wildman–Crippen LogP) is 2.07. The van der Waals surface area contributed by atoms with Gasteiger partial charge in [0, 0.05) is 18.0 Å². The third-order valence-corrected chi connectivity index (χ3v) is 3.55. The van der Waals surface area contributed by atoms with Crippen LogP contribution in [0.1, 0.15) is 12.5 Å². The van der Waals surface area contributed by atoms with Crippen molar-refractivity contribution in [1.82, 2.24) is 14.5 Å². The van der Waals surface area contributed by atoms with Crippen molar-refractivity contribution < 1.29 is 0 Å². The number of imidazole rings is 1. The highest BCUT2D eigenvalue weighted by atomic mass is 32.2. The number of nitrogens with two attached hydrogens (primary N) is 1. The largest absolute Gasteiger partial charge is 0.369 e. The molecule has 0 aliphatic rings. The molecule has 2 aromatic heterocycles. The minimum absolute atomic E-state index is 0.503. The van der Waals surface area contributed by atoms with Crippen LogP contribution in [0.25, 0.3) is 11.2 Å². The third-order valence-electron chi connectivity index (χ3n) is 2.59. The lowest BCUT2D eigenvalue weighted by molar-refractivity contribution is 0.715. The van der Waals surface area contributed by atoms with Gasteiger partial charge in [0.25, 0.3) is 0 Å². The van der Waals surface area contributed by atoms with Crippen molar-refractivity contribution in [3.8, 4) is 0 Å². The number of rotatable bonds is 3. The molecule has 0 aliphatic carbocycles. The predicted molar refractivity (Wildman–Crippen MR) is 69.7 cm³/mol. The van der Waals surface area contributed by atoms with Gasteiger partial charge >= 0.3 is 0 Å². The van der Waals surface area contributed by atoms with Crippen molar-refractivity contribution in [1.29, 1.82) is 0 Å². The molecule has 86 valence electrons. The van der Waals surface area contributed by atoms with Crippen LogP contribution >= 0.6 is 11.8 Å². The van der Waals surface area contributed by atoms with E-state index in [9.17, 15) is 0 Å². The van der Waals surface area contributed by atoms with Gasteiger partial charge < -0.3 is 5.73 Å². The Balaban J connectivity index is 2.47. The summed E-state index contributed by atoms with van der Waals surface area (Å²) in [5.41, 5.74) is 8.77. The highest BCUT2D eigenvalue weighted by Gasteiger charge is 2.11. The minimum atomic E-state index is 0.503. The second-order valence-corrected chi connectivity index (χ2v) is 5.26. The zero-order chi connectivity index (χ0) is 11.7. The molecule has 4 nitrogen and oxygen atoms in total. The molecule has 2 N–H and O–H groups in total. The molecular formula is C11H16N4S. The fourth-order valence-electron chi connectivity index (χ4n) is 1.64. The van der Waals surface area contributed by atoms with Gasteiger partial charge in [-0.3, -0.25) is 4.57 Å². The first kappa shape index (κ1) is 11.3. The number of fused-ring (bicyclic) bond motifs is 1. The van der Waals surface area contributed by atoms with Gasteiger partial charge in [-0.1, -0.05) is 6.92 Å². The van der Waals surface area contributed by atoms with Gasteiger partial charge in [0.1, 0.15) is 5.52 Å². The Morgan fingerprint density at radius 2 is 2.31 bits per heavy atom. The summed E-state index contributed by atoms with van der Waals surface area (Å²) in [6, 6.07) is 2.01. The minimum Gasteiger partial charge on any atom is -0.369 e. The number of aryl methyl sites for hydroxylation is 1. The van der Waals surface area contributed by atoms with E-state index in [2.05, 4.69) is 23.1 Å².